The number of carbonyl (C=O) groups is 1. The first-order chi connectivity index (χ1) is 12.9. The lowest BCUT2D eigenvalue weighted by molar-refractivity contribution is -0.137. The number of aldehydes is 1. The third-order valence-corrected chi connectivity index (χ3v) is 5.42. The number of furan rings is 1. The molecule has 5 rings (SSSR count). The van der Waals surface area contributed by atoms with Crippen molar-refractivity contribution in [2.45, 2.75) is 37.4 Å². The molecule has 3 aromatic heterocycles. The number of pyridine rings is 1. The van der Waals surface area contributed by atoms with Crippen LogP contribution in [-0.2, 0) is 24.6 Å². The minimum Gasteiger partial charge on any atom is -0.457 e. The number of rotatable bonds is 3. The van der Waals surface area contributed by atoms with Gasteiger partial charge in [-0.3, -0.25) is 14.5 Å². The van der Waals surface area contributed by atoms with E-state index in [-0.39, 0.29) is 28.7 Å². The van der Waals surface area contributed by atoms with Crippen LogP contribution < -0.4 is 0 Å². The molecule has 1 fully saturated rings. The van der Waals surface area contributed by atoms with Crippen LogP contribution in [0.15, 0.2) is 35.1 Å². The lowest BCUT2D eigenvalue weighted by Gasteiger charge is -2.20. The van der Waals surface area contributed by atoms with Crippen molar-refractivity contribution in [3.8, 4) is 11.3 Å². The fourth-order valence-corrected chi connectivity index (χ4v) is 3.99. The van der Waals surface area contributed by atoms with Crippen molar-refractivity contribution < 1.29 is 22.4 Å². The lowest BCUT2D eigenvalue weighted by Crippen LogP contribution is -2.17. The summed E-state index contributed by atoms with van der Waals surface area (Å²) in [4.78, 5) is 15.2. The fraction of sp³-hybridized carbons (Fsp3) is 0.316. The van der Waals surface area contributed by atoms with Crippen molar-refractivity contribution >= 4 is 6.29 Å². The van der Waals surface area contributed by atoms with Crippen molar-refractivity contribution in [3.05, 3.63) is 58.9 Å². The second-order valence-corrected chi connectivity index (χ2v) is 7.16. The van der Waals surface area contributed by atoms with Gasteiger partial charge in [0.2, 0.25) is 0 Å². The molecule has 1 saturated carbocycles. The highest BCUT2D eigenvalue weighted by Gasteiger charge is 2.54. The van der Waals surface area contributed by atoms with Gasteiger partial charge in [0.1, 0.15) is 17.0 Å². The maximum Gasteiger partial charge on any atom is 0.420 e. The van der Waals surface area contributed by atoms with Crippen LogP contribution in [0.1, 0.15) is 45.8 Å². The second kappa shape index (κ2) is 5.31. The largest absolute Gasteiger partial charge is 0.457 e. The van der Waals surface area contributed by atoms with E-state index in [9.17, 15) is 18.0 Å². The third kappa shape index (κ3) is 2.43. The van der Waals surface area contributed by atoms with Crippen molar-refractivity contribution in [1.82, 2.24) is 14.8 Å². The molecule has 5 nitrogen and oxygen atoms in total. The number of hydrogen-bond donors (Lipinski definition) is 0. The Balaban J connectivity index is 1.68. The number of fused-ring (bicyclic) bond motifs is 4. The second-order valence-electron chi connectivity index (χ2n) is 7.16. The highest BCUT2D eigenvalue weighted by Crippen LogP contribution is 2.59. The fourth-order valence-electron chi connectivity index (χ4n) is 3.99. The summed E-state index contributed by atoms with van der Waals surface area (Å²) in [5.74, 6) is -0.455. The first-order valence-electron chi connectivity index (χ1n) is 8.56. The standard InChI is InChI=1S/C19H14F3N3O2/c20-19(21,22)16-14(10-26)27-13-7-18(3-4-18)12-9-25(24-17(12)15(13)16)8-11-1-5-23-6-2-11/h1-2,5-6,9-10H,3-4,7-8H2. The predicted molar refractivity (Wildman–Crippen MR) is 88.3 cm³/mol. The number of carbonyl (C=O) groups excluding carboxylic acids is 1. The van der Waals surface area contributed by atoms with E-state index in [2.05, 4.69) is 10.1 Å². The van der Waals surface area contributed by atoms with E-state index in [1.54, 1.807) is 17.1 Å². The predicted octanol–water partition coefficient (Wildman–Crippen LogP) is 4.01. The Hall–Kier alpha value is -2.90. The van der Waals surface area contributed by atoms with E-state index in [4.69, 9.17) is 4.42 Å². The van der Waals surface area contributed by atoms with Gasteiger partial charge < -0.3 is 4.42 Å². The van der Waals surface area contributed by atoms with Crippen LogP contribution in [0.2, 0.25) is 0 Å². The average molecular weight is 373 g/mol. The van der Waals surface area contributed by atoms with Crippen LogP contribution in [0.25, 0.3) is 11.3 Å². The van der Waals surface area contributed by atoms with Crippen LogP contribution in [0.3, 0.4) is 0 Å². The Morgan fingerprint density at radius 2 is 2.00 bits per heavy atom. The van der Waals surface area contributed by atoms with Crippen LogP contribution in [0.4, 0.5) is 13.2 Å². The minimum absolute atomic E-state index is 0.0781. The van der Waals surface area contributed by atoms with Gasteiger partial charge in [-0.15, -0.1) is 0 Å². The molecular formula is C19H14F3N3O2. The number of hydrogen-bond acceptors (Lipinski definition) is 4. The summed E-state index contributed by atoms with van der Waals surface area (Å²) < 4.78 is 47.9. The molecule has 0 atom stereocenters. The normalized spacial score (nSPS) is 16.9. The summed E-state index contributed by atoms with van der Waals surface area (Å²) in [5.41, 5.74) is 0.732. The number of halogens is 3. The minimum atomic E-state index is -4.69. The Morgan fingerprint density at radius 3 is 2.63 bits per heavy atom. The van der Waals surface area contributed by atoms with Gasteiger partial charge in [-0.2, -0.15) is 18.3 Å². The van der Waals surface area contributed by atoms with Gasteiger partial charge in [0.05, 0.1) is 12.1 Å². The molecule has 0 N–H and O–H groups in total. The van der Waals surface area contributed by atoms with Crippen molar-refractivity contribution in [2.75, 3.05) is 0 Å². The average Bonchev–Trinajstić information content (AvgIpc) is 3.09. The summed E-state index contributed by atoms with van der Waals surface area (Å²) in [6, 6.07) is 3.67. The molecule has 27 heavy (non-hydrogen) atoms. The highest BCUT2D eigenvalue weighted by atomic mass is 19.4. The molecule has 2 aliphatic rings. The molecule has 138 valence electrons. The third-order valence-electron chi connectivity index (χ3n) is 5.42. The van der Waals surface area contributed by atoms with E-state index in [0.29, 0.717) is 13.0 Å². The zero-order chi connectivity index (χ0) is 18.8. The van der Waals surface area contributed by atoms with E-state index in [0.717, 1.165) is 24.0 Å². The zero-order valence-corrected chi connectivity index (χ0v) is 14.1. The maximum absolute atomic E-state index is 13.7. The SMILES string of the molecule is O=Cc1oc2c(c1C(F)(F)F)-c1nn(Cc3ccncc3)cc1C1(CC1)C2. The lowest BCUT2D eigenvalue weighted by atomic mass is 9.82. The number of alkyl halides is 3. The van der Waals surface area contributed by atoms with Crippen LogP contribution in [-0.4, -0.2) is 21.1 Å². The molecule has 8 heteroatoms. The van der Waals surface area contributed by atoms with Gasteiger partial charge >= 0.3 is 6.18 Å². The van der Waals surface area contributed by atoms with Gasteiger partial charge in [0.25, 0.3) is 0 Å². The summed E-state index contributed by atoms with van der Waals surface area (Å²) in [5, 5.41) is 4.47. The smallest absolute Gasteiger partial charge is 0.420 e. The van der Waals surface area contributed by atoms with Crippen molar-refractivity contribution in [2.24, 2.45) is 0 Å². The van der Waals surface area contributed by atoms with Crippen LogP contribution in [0, 0.1) is 0 Å². The Bertz CT molecular complexity index is 1050. The molecule has 1 spiro atoms. The Morgan fingerprint density at radius 1 is 1.26 bits per heavy atom. The molecular weight excluding hydrogens is 359 g/mol. The molecule has 0 amide bonds. The Kier molecular flexibility index (Phi) is 3.20. The topological polar surface area (TPSA) is 60.9 Å². The summed E-state index contributed by atoms with van der Waals surface area (Å²) >= 11 is 0. The van der Waals surface area contributed by atoms with E-state index in [1.165, 1.54) is 0 Å². The summed E-state index contributed by atoms with van der Waals surface area (Å²) in [6.07, 6.45) is 2.72. The van der Waals surface area contributed by atoms with E-state index >= 15 is 0 Å². The quantitative estimate of drug-likeness (QED) is 0.651. The number of nitrogens with zero attached hydrogens (tertiary/aromatic N) is 3. The molecule has 3 heterocycles. The van der Waals surface area contributed by atoms with Gasteiger partial charge in [-0.1, -0.05) is 0 Å². The molecule has 3 aromatic rings. The van der Waals surface area contributed by atoms with Crippen LogP contribution >= 0.6 is 0 Å². The van der Waals surface area contributed by atoms with Gasteiger partial charge in [0.15, 0.2) is 12.0 Å². The van der Waals surface area contributed by atoms with Crippen molar-refractivity contribution in [1.29, 1.82) is 0 Å². The zero-order valence-electron chi connectivity index (χ0n) is 14.1. The summed E-state index contributed by atoms with van der Waals surface area (Å²) in [6.45, 7) is 0.431. The number of aromatic nitrogens is 3. The van der Waals surface area contributed by atoms with Gasteiger partial charge in [-0.05, 0) is 30.5 Å². The molecule has 0 saturated heterocycles. The van der Waals surface area contributed by atoms with E-state index < -0.39 is 17.5 Å². The molecule has 0 radical (unpaired) electrons. The van der Waals surface area contributed by atoms with Crippen LogP contribution in [0.5, 0.6) is 0 Å². The molecule has 0 unspecified atom stereocenters. The Labute approximate surface area is 151 Å². The molecule has 0 aliphatic heterocycles. The monoisotopic (exact) mass is 373 g/mol. The first kappa shape index (κ1) is 16.3. The molecule has 0 bridgehead atoms. The summed E-state index contributed by atoms with van der Waals surface area (Å²) in [7, 11) is 0. The molecule has 2 aliphatic carbocycles. The first-order valence-corrected chi connectivity index (χ1v) is 8.56. The maximum atomic E-state index is 13.7. The van der Waals surface area contributed by atoms with Gasteiger partial charge in [0, 0.05) is 36.0 Å². The highest BCUT2D eigenvalue weighted by molar-refractivity contribution is 5.84. The van der Waals surface area contributed by atoms with Gasteiger partial charge in [-0.25, -0.2) is 0 Å². The molecule has 0 aromatic carbocycles. The van der Waals surface area contributed by atoms with E-state index in [1.807, 2.05) is 18.3 Å². The van der Waals surface area contributed by atoms with Crippen molar-refractivity contribution in [3.63, 3.8) is 0 Å².